The molecule has 0 spiro atoms. The zero-order valence-electron chi connectivity index (χ0n) is 23.0. The van der Waals surface area contributed by atoms with Crippen LogP contribution < -0.4 is 15.4 Å². The number of aromatic nitrogens is 2. The van der Waals surface area contributed by atoms with Crippen LogP contribution in [0.5, 0.6) is 5.75 Å². The fraction of sp³-hybridized carbons (Fsp3) is 0.429. The maximum atomic E-state index is 13.8. The van der Waals surface area contributed by atoms with E-state index in [0.29, 0.717) is 47.5 Å². The van der Waals surface area contributed by atoms with Crippen LogP contribution in [0.15, 0.2) is 41.3 Å². The Bertz CT molecular complexity index is 1570. The molecule has 2 saturated heterocycles. The highest BCUT2D eigenvalue weighted by Crippen LogP contribution is 2.31. The molecule has 0 aliphatic carbocycles. The molecule has 0 bridgehead atoms. The number of fused-ring (bicyclic) bond motifs is 1. The molecule has 4 heterocycles. The SMILES string of the molecule is CN1CC(Oc2ccc(C(=O)Nc3n[nH]c4c3CN(S(=O)(=O)c3cc(F)cc(F)c3)CC4)c(NC3CCOCC3)c2)C1. The summed E-state index contributed by atoms with van der Waals surface area (Å²) in [5.74, 6) is -1.55. The van der Waals surface area contributed by atoms with Crippen LogP contribution in [0.1, 0.15) is 34.5 Å². The predicted octanol–water partition coefficient (Wildman–Crippen LogP) is 2.97. The third-order valence-electron chi connectivity index (χ3n) is 7.75. The van der Waals surface area contributed by atoms with Crippen LogP contribution >= 0.6 is 0 Å². The van der Waals surface area contributed by atoms with Crippen LogP contribution in [0.3, 0.4) is 0 Å². The molecule has 224 valence electrons. The van der Waals surface area contributed by atoms with Gasteiger partial charge in [0.25, 0.3) is 5.91 Å². The fourth-order valence-electron chi connectivity index (χ4n) is 5.46. The van der Waals surface area contributed by atoms with Gasteiger partial charge in [-0.15, -0.1) is 0 Å². The summed E-state index contributed by atoms with van der Waals surface area (Å²) in [4.78, 5) is 15.3. The van der Waals surface area contributed by atoms with E-state index >= 15 is 0 Å². The molecule has 1 amide bonds. The molecule has 0 atom stereocenters. The van der Waals surface area contributed by atoms with Crippen molar-refractivity contribution in [3.8, 4) is 5.75 Å². The quantitative estimate of drug-likeness (QED) is 0.359. The van der Waals surface area contributed by atoms with E-state index in [0.717, 1.165) is 42.4 Å². The van der Waals surface area contributed by atoms with Crippen molar-refractivity contribution in [1.82, 2.24) is 19.4 Å². The first-order valence-electron chi connectivity index (χ1n) is 13.8. The Morgan fingerprint density at radius 1 is 1.12 bits per heavy atom. The van der Waals surface area contributed by atoms with Crippen molar-refractivity contribution in [2.75, 3.05) is 50.5 Å². The van der Waals surface area contributed by atoms with Crippen molar-refractivity contribution in [2.45, 2.75) is 42.8 Å². The Kier molecular flexibility index (Phi) is 7.87. The standard InChI is InChI=1S/C28H32F2N6O5S/c1-35-14-21(15-35)41-20-2-3-23(26(13-20)31-19-5-8-40-9-6-19)28(37)32-27-24-16-36(7-4-25(24)33-34-27)42(38,39)22-11-17(29)10-18(30)12-22/h2-3,10-13,19,21,31H,4-9,14-16H2,1H3,(H2,32,33,34,37). The molecule has 3 aliphatic rings. The first kappa shape index (κ1) is 28.5. The number of rotatable bonds is 8. The van der Waals surface area contributed by atoms with Crippen LogP contribution in [0.4, 0.5) is 20.3 Å². The highest BCUT2D eigenvalue weighted by molar-refractivity contribution is 7.89. The Morgan fingerprint density at radius 3 is 2.57 bits per heavy atom. The summed E-state index contributed by atoms with van der Waals surface area (Å²) >= 11 is 0. The molecule has 14 heteroatoms. The number of halogens is 2. The summed E-state index contributed by atoms with van der Waals surface area (Å²) in [6.07, 6.45) is 1.97. The topological polar surface area (TPSA) is 129 Å². The van der Waals surface area contributed by atoms with Crippen molar-refractivity contribution in [3.63, 3.8) is 0 Å². The average Bonchev–Trinajstić information content (AvgIpc) is 3.34. The lowest BCUT2D eigenvalue weighted by atomic mass is 10.1. The summed E-state index contributed by atoms with van der Waals surface area (Å²) in [5.41, 5.74) is 2.16. The van der Waals surface area contributed by atoms with E-state index in [-0.39, 0.29) is 37.5 Å². The number of hydrogen-bond acceptors (Lipinski definition) is 8. The molecule has 1 aromatic heterocycles. The van der Waals surface area contributed by atoms with Gasteiger partial charge in [0, 0.05) is 75.2 Å². The summed E-state index contributed by atoms with van der Waals surface area (Å²) in [5, 5.41) is 13.4. The second-order valence-electron chi connectivity index (χ2n) is 10.9. The molecule has 6 rings (SSSR count). The largest absolute Gasteiger partial charge is 0.488 e. The van der Waals surface area contributed by atoms with Gasteiger partial charge in [0.1, 0.15) is 23.5 Å². The van der Waals surface area contributed by atoms with Crippen molar-refractivity contribution >= 4 is 27.4 Å². The number of aromatic amines is 1. The van der Waals surface area contributed by atoms with Crippen molar-refractivity contribution in [2.24, 2.45) is 0 Å². The van der Waals surface area contributed by atoms with Crippen LogP contribution in [-0.4, -0.2) is 85.8 Å². The molecule has 3 aromatic rings. The lowest BCUT2D eigenvalue weighted by Crippen LogP contribution is -2.51. The van der Waals surface area contributed by atoms with E-state index in [1.807, 2.05) is 13.1 Å². The number of H-pyrrole nitrogens is 1. The molecule has 3 N–H and O–H groups in total. The number of hydrogen-bond donors (Lipinski definition) is 3. The third kappa shape index (κ3) is 5.98. The van der Waals surface area contributed by atoms with Gasteiger partial charge in [-0.25, -0.2) is 17.2 Å². The minimum absolute atomic E-state index is 0.0838. The van der Waals surface area contributed by atoms with E-state index in [9.17, 15) is 22.0 Å². The molecule has 2 fully saturated rings. The Morgan fingerprint density at radius 2 is 1.86 bits per heavy atom. The Balaban J connectivity index is 1.22. The number of amides is 1. The van der Waals surface area contributed by atoms with E-state index in [4.69, 9.17) is 9.47 Å². The van der Waals surface area contributed by atoms with E-state index < -0.39 is 32.5 Å². The van der Waals surface area contributed by atoms with Gasteiger partial charge in [0.15, 0.2) is 5.82 Å². The second kappa shape index (κ2) is 11.6. The molecule has 42 heavy (non-hydrogen) atoms. The second-order valence-corrected chi connectivity index (χ2v) is 12.8. The Labute approximate surface area is 242 Å². The average molecular weight is 603 g/mol. The van der Waals surface area contributed by atoms with Crippen molar-refractivity contribution in [1.29, 1.82) is 0 Å². The molecule has 11 nitrogen and oxygen atoms in total. The highest BCUT2D eigenvalue weighted by atomic mass is 32.2. The maximum absolute atomic E-state index is 13.8. The summed E-state index contributed by atoms with van der Waals surface area (Å²) in [6, 6.07) is 7.60. The van der Waals surface area contributed by atoms with Gasteiger partial charge in [-0.05, 0) is 44.2 Å². The molecular formula is C28H32F2N6O5S. The third-order valence-corrected chi connectivity index (χ3v) is 9.58. The summed E-state index contributed by atoms with van der Waals surface area (Å²) < 4.78 is 66.7. The zero-order chi connectivity index (χ0) is 29.4. The fourth-order valence-corrected chi connectivity index (χ4v) is 6.92. The van der Waals surface area contributed by atoms with Crippen LogP contribution in [-0.2, 0) is 27.7 Å². The van der Waals surface area contributed by atoms with Gasteiger partial charge < -0.3 is 20.1 Å². The normalized spacial score (nSPS) is 18.7. The lowest BCUT2D eigenvalue weighted by Gasteiger charge is -2.36. The number of benzene rings is 2. The van der Waals surface area contributed by atoms with Crippen LogP contribution in [0.25, 0.3) is 0 Å². The van der Waals surface area contributed by atoms with Crippen LogP contribution in [0, 0.1) is 11.6 Å². The van der Waals surface area contributed by atoms with E-state index in [1.165, 1.54) is 0 Å². The first-order chi connectivity index (χ1) is 20.2. The van der Waals surface area contributed by atoms with Gasteiger partial charge in [0.2, 0.25) is 10.0 Å². The minimum Gasteiger partial charge on any atom is -0.488 e. The molecule has 0 saturated carbocycles. The van der Waals surface area contributed by atoms with E-state index in [1.54, 1.807) is 12.1 Å². The predicted molar refractivity (Wildman–Crippen MR) is 150 cm³/mol. The van der Waals surface area contributed by atoms with Gasteiger partial charge in [-0.3, -0.25) is 14.8 Å². The number of ether oxygens (including phenoxy) is 2. The van der Waals surface area contributed by atoms with Gasteiger partial charge >= 0.3 is 0 Å². The number of nitrogens with zero attached hydrogens (tertiary/aromatic N) is 3. The number of likely N-dealkylation sites (tertiary alicyclic amines) is 1. The highest BCUT2D eigenvalue weighted by Gasteiger charge is 2.33. The first-order valence-corrected chi connectivity index (χ1v) is 15.3. The monoisotopic (exact) mass is 602 g/mol. The Hall–Kier alpha value is -3.59. The lowest BCUT2D eigenvalue weighted by molar-refractivity contribution is 0.0388. The molecule has 2 aromatic carbocycles. The van der Waals surface area contributed by atoms with E-state index in [2.05, 4.69) is 25.7 Å². The number of sulfonamides is 1. The number of anilines is 2. The van der Waals surface area contributed by atoms with Gasteiger partial charge in [-0.2, -0.15) is 9.40 Å². The van der Waals surface area contributed by atoms with Crippen molar-refractivity contribution < 1.29 is 31.5 Å². The number of nitrogens with one attached hydrogen (secondary N) is 3. The smallest absolute Gasteiger partial charge is 0.258 e. The summed E-state index contributed by atoms with van der Waals surface area (Å²) in [6.45, 7) is 2.88. The maximum Gasteiger partial charge on any atom is 0.258 e. The zero-order valence-corrected chi connectivity index (χ0v) is 23.8. The molecular weight excluding hydrogens is 570 g/mol. The van der Waals surface area contributed by atoms with Crippen LogP contribution in [0.2, 0.25) is 0 Å². The van der Waals surface area contributed by atoms with Gasteiger partial charge in [-0.1, -0.05) is 0 Å². The molecule has 0 radical (unpaired) electrons. The van der Waals surface area contributed by atoms with Crippen molar-refractivity contribution in [3.05, 3.63) is 64.9 Å². The number of carbonyl (C=O) groups is 1. The van der Waals surface area contributed by atoms with Gasteiger partial charge in [0.05, 0.1) is 16.1 Å². The summed E-state index contributed by atoms with van der Waals surface area (Å²) in [7, 11) is -2.18. The minimum atomic E-state index is -4.20. The molecule has 0 unspecified atom stereocenters. The molecule has 3 aliphatic heterocycles. The number of carbonyl (C=O) groups excluding carboxylic acids is 1. The number of likely N-dealkylation sites (N-methyl/N-ethyl adjacent to an activating group) is 1.